The molecular weight excluding hydrogens is 258 g/mol. The SMILES string of the molecule is COCc1cccc(C(C(=O)O)N(C(C)=O)C2CC2)c1. The first-order valence-corrected chi connectivity index (χ1v) is 6.64. The predicted octanol–water partition coefficient (Wildman–Crippen LogP) is 1.97. The van der Waals surface area contributed by atoms with Crippen molar-refractivity contribution < 1.29 is 19.4 Å². The highest BCUT2D eigenvalue weighted by Gasteiger charge is 2.39. The van der Waals surface area contributed by atoms with E-state index in [1.165, 1.54) is 11.8 Å². The van der Waals surface area contributed by atoms with Crippen molar-refractivity contribution in [2.45, 2.75) is 38.5 Å². The van der Waals surface area contributed by atoms with Gasteiger partial charge in [0.2, 0.25) is 5.91 Å². The first-order chi connectivity index (χ1) is 9.54. The predicted molar refractivity (Wildman–Crippen MR) is 73.1 cm³/mol. The van der Waals surface area contributed by atoms with Gasteiger partial charge in [-0.15, -0.1) is 0 Å². The number of nitrogens with zero attached hydrogens (tertiary/aromatic N) is 1. The van der Waals surface area contributed by atoms with Crippen LogP contribution in [0.1, 0.15) is 36.9 Å². The molecule has 1 N–H and O–H groups in total. The van der Waals surface area contributed by atoms with Crippen molar-refractivity contribution in [3.63, 3.8) is 0 Å². The summed E-state index contributed by atoms with van der Waals surface area (Å²) in [6, 6.07) is 6.35. The summed E-state index contributed by atoms with van der Waals surface area (Å²) in [6.07, 6.45) is 1.75. The number of carbonyl (C=O) groups is 2. The van der Waals surface area contributed by atoms with Crippen LogP contribution in [0.15, 0.2) is 24.3 Å². The zero-order chi connectivity index (χ0) is 14.7. The Hall–Kier alpha value is -1.88. The number of hydrogen-bond acceptors (Lipinski definition) is 3. The Kier molecular flexibility index (Phi) is 4.39. The summed E-state index contributed by atoms with van der Waals surface area (Å²) in [4.78, 5) is 24.9. The number of carbonyl (C=O) groups excluding carboxylic acids is 1. The quantitative estimate of drug-likeness (QED) is 0.863. The van der Waals surface area contributed by atoms with Crippen LogP contribution in [0.3, 0.4) is 0 Å². The van der Waals surface area contributed by atoms with Gasteiger partial charge in [-0.2, -0.15) is 0 Å². The molecule has 1 aromatic rings. The minimum atomic E-state index is -0.998. The van der Waals surface area contributed by atoms with Crippen LogP contribution in [-0.2, 0) is 20.9 Å². The second-order valence-corrected chi connectivity index (χ2v) is 5.08. The lowest BCUT2D eigenvalue weighted by Crippen LogP contribution is -2.39. The Bertz CT molecular complexity index is 510. The lowest BCUT2D eigenvalue weighted by Gasteiger charge is -2.28. The number of amides is 1. The molecule has 1 fully saturated rings. The van der Waals surface area contributed by atoms with E-state index in [9.17, 15) is 14.7 Å². The van der Waals surface area contributed by atoms with Crippen LogP contribution in [0.5, 0.6) is 0 Å². The summed E-state index contributed by atoms with van der Waals surface area (Å²) in [6.45, 7) is 1.84. The molecule has 5 heteroatoms. The summed E-state index contributed by atoms with van der Waals surface area (Å²) in [5.41, 5.74) is 1.52. The number of benzene rings is 1. The van der Waals surface area contributed by atoms with Gasteiger partial charge in [-0.3, -0.25) is 4.79 Å². The summed E-state index contributed by atoms with van der Waals surface area (Å²) in [7, 11) is 1.59. The molecule has 0 aromatic heterocycles. The number of rotatable bonds is 6. The maximum atomic E-state index is 11.8. The fourth-order valence-corrected chi connectivity index (χ4v) is 2.44. The molecule has 1 aliphatic carbocycles. The van der Waals surface area contributed by atoms with E-state index in [0.29, 0.717) is 12.2 Å². The molecule has 20 heavy (non-hydrogen) atoms. The molecule has 1 saturated carbocycles. The van der Waals surface area contributed by atoms with Crippen LogP contribution >= 0.6 is 0 Å². The van der Waals surface area contributed by atoms with Gasteiger partial charge in [0.25, 0.3) is 0 Å². The van der Waals surface area contributed by atoms with E-state index in [0.717, 1.165) is 18.4 Å². The molecular formula is C15H19NO4. The molecule has 0 heterocycles. The summed E-state index contributed by atoms with van der Waals surface area (Å²) < 4.78 is 5.06. The Morgan fingerprint density at radius 3 is 2.65 bits per heavy atom. The van der Waals surface area contributed by atoms with Gasteiger partial charge in [0.1, 0.15) is 0 Å². The van der Waals surface area contributed by atoms with E-state index in [4.69, 9.17) is 4.74 Å². The summed E-state index contributed by atoms with van der Waals surface area (Å²) in [5.74, 6) is -1.20. The smallest absolute Gasteiger partial charge is 0.331 e. The van der Waals surface area contributed by atoms with E-state index in [-0.39, 0.29) is 11.9 Å². The maximum absolute atomic E-state index is 11.8. The average molecular weight is 277 g/mol. The van der Waals surface area contributed by atoms with Crippen LogP contribution < -0.4 is 0 Å². The molecule has 5 nitrogen and oxygen atoms in total. The maximum Gasteiger partial charge on any atom is 0.331 e. The number of methoxy groups -OCH3 is 1. The van der Waals surface area contributed by atoms with Crippen LogP contribution in [0.4, 0.5) is 0 Å². The Morgan fingerprint density at radius 2 is 2.15 bits per heavy atom. The summed E-state index contributed by atoms with van der Waals surface area (Å²) >= 11 is 0. The Labute approximate surface area is 118 Å². The Balaban J connectivity index is 2.34. The third-order valence-electron chi connectivity index (χ3n) is 3.39. The van der Waals surface area contributed by atoms with E-state index < -0.39 is 12.0 Å². The van der Waals surface area contributed by atoms with Crippen molar-refractivity contribution in [3.8, 4) is 0 Å². The largest absolute Gasteiger partial charge is 0.479 e. The van der Waals surface area contributed by atoms with Crippen molar-refractivity contribution in [3.05, 3.63) is 35.4 Å². The molecule has 1 atom stereocenters. The molecule has 0 radical (unpaired) electrons. The number of aliphatic carboxylic acids is 1. The van der Waals surface area contributed by atoms with Crippen molar-refractivity contribution in [1.29, 1.82) is 0 Å². The molecule has 2 rings (SSSR count). The molecule has 1 unspecified atom stereocenters. The van der Waals surface area contributed by atoms with E-state index >= 15 is 0 Å². The standard InChI is InChI=1S/C15H19NO4/c1-10(17)16(13-6-7-13)14(15(18)19)12-5-3-4-11(8-12)9-20-2/h3-5,8,13-14H,6-7,9H2,1-2H3,(H,18,19). The third-order valence-corrected chi connectivity index (χ3v) is 3.39. The number of ether oxygens (including phenoxy) is 1. The van der Waals surface area contributed by atoms with Gasteiger partial charge in [0.05, 0.1) is 6.61 Å². The number of carboxylic acids is 1. The van der Waals surface area contributed by atoms with Gasteiger partial charge in [0.15, 0.2) is 6.04 Å². The Morgan fingerprint density at radius 1 is 1.45 bits per heavy atom. The van der Waals surface area contributed by atoms with Gasteiger partial charge >= 0.3 is 5.97 Å². The van der Waals surface area contributed by atoms with Crippen LogP contribution in [-0.4, -0.2) is 35.0 Å². The van der Waals surface area contributed by atoms with Crippen molar-refractivity contribution in [2.75, 3.05) is 7.11 Å². The minimum Gasteiger partial charge on any atom is -0.479 e. The normalized spacial score (nSPS) is 15.7. The van der Waals surface area contributed by atoms with E-state index in [1.54, 1.807) is 25.3 Å². The van der Waals surface area contributed by atoms with Crippen LogP contribution in [0.25, 0.3) is 0 Å². The minimum absolute atomic E-state index is 0.0553. The van der Waals surface area contributed by atoms with Crippen molar-refractivity contribution >= 4 is 11.9 Å². The lowest BCUT2D eigenvalue weighted by atomic mass is 10.0. The highest BCUT2D eigenvalue weighted by atomic mass is 16.5. The van der Waals surface area contributed by atoms with Gasteiger partial charge in [-0.25, -0.2) is 4.79 Å². The van der Waals surface area contributed by atoms with Gasteiger partial charge in [-0.05, 0) is 24.0 Å². The lowest BCUT2D eigenvalue weighted by molar-refractivity contribution is -0.150. The molecule has 0 bridgehead atoms. The molecule has 1 aliphatic rings. The molecule has 1 aromatic carbocycles. The zero-order valence-corrected chi connectivity index (χ0v) is 11.7. The number of hydrogen-bond donors (Lipinski definition) is 1. The van der Waals surface area contributed by atoms with Crippen LogP contribution in [0.2, 0.25) is 0 Å². The van der Waals surface area contributed by atoms with Gasteiger partial charge in [-0.1, -0.05) is 24.3 Å². The number of carboxylic acid groups (broad SMARTS) is 1. The highest BCUT2D eigenvalue weighted by Crippen LogP contribution is 2.35. The monoisotopic (exact) mass is 277 g/mol. The second kappa shape index (κ2) is 6.05. The first-order valence-electron chi connectivity index (χ1n) is 6.64. The second-order valence-electron chi connectivity index (χ2n) is 5.08. The molecule has 0 spiro atoms. The zero-order valence-electron chi connectivity index (χ0n) is 11.7. The highest BCUT2D eigenvalue weighted by molar-refractivity contribution is 5.84. The third kappa shape index (κ3) is 3.17. The van der Waals surface area contributed by atoms with Crippen LogP contribution in [0, 0.1) is 0 Å². The summed E-state index contributed by atoms with van der Waals surface area (Å²) in [5, 5.41) is 9.52. The van der Waals surface area contributed by atoms with E-state index in [1.807, 2.05) is 6.07 Å². The fraction of sp³-hybridized carbons (Fsp3) is 0.467. The molecule has 0 aliphatic heterocycles. The van der Waals surface area contributed by atoms with Gasteiger partial charge < -0.3 is 14.7 Å². The molecule has 1 amide bonds. The van der Waals surface area contributed by atoms with Crippen molar-refractivity contribution in [2.24, 2.45) is 0 Å². The fourth-order valence-electron chi connectivity index (χ4n) is 2.44. The van der Waals surface area contributed by atoms with E-state index in [2.05, 4.69) is 0 Å². The molecule has 108 valence electrons. The molecule has 0 saturated heterocycles. The van der Waals surface area contributed by atoms with Gasteiger partial charge in [0, 0.05) is 20.1 Å². The average Bonchev–Trinajstić information content (AvgIpc) is 3.19. The first kappa shape index (κ1) is 14.5. The van der Waals surface area contributed by atoms with Crippen molar-refractivity contribution in [1.82, 2.24) is 4.90 Å². The topological polar surface area (TPSA) is 66.8 Å².